The predicted molar refractivity (Wildman–Crippen MR) is 102 cm³/mol. The molecule has 7 nitrogen and oxygen atoms in total. The number of carbonyl (C=O) groups is 1. The summed E-state index contributed by atoms with van der Waals surface area (Å²) in [4.78, 5) is 29.9. The Morgan fingerprint density at radius 3 is 2.70 bits per heavy atom. The summed E-state index contributed by atoms with van der Waals surface area (Å²) in [6, 6.07) is 10.5. The highest BCUT2D eigenvalue weighted by Gasteiger charge is 2.28. The van der Waals surface area contributed by atoms with E-state index in [1.54, 1.807) is 27.9 Å². The van der Waals surface area contributed by atoms with Gasteiger partial charge >= 0.3 is 6.03 Å². The van der Waals surface area contributed by atoms with Crippen molar-refractivity contribution in [1.82, 2.24) is 19.8 Å². The Morgan fingerprint density at radius 2 is 2.00 bits per heavy atom. The van der Waals surface area contributed by atoms with Gasteiger partial charge < -0.3 is 19.9 Å². The molecule has 0 spiro atoms. The number of aryl methyl sites for hydroxylation is 1. The summed E-state index contributed by atoms with van der Waals surface area (Å²) in [6.07, 6.45) is 5.06. The number of aromatic nitrogens is 2. The zero-order valence-electron chi connectivity index (χ0n) is 15.3. The summed E-state index contributed by atoms with van der Waals surface area (Å²) in [5.74, 6) is 0.119. The first-order valence-corrected chi connectivity index (χ1v) is 9.42. The van der Waals surface area contributed by atoms with Crippen molar-refractivity contribution in [3.8, 4) is 0 Å². The van der Waals surface area contributed by atoms with E-state index in [4.69, 9.17) is 0 Å². The molecule has 1 atom stereocenters. The molecule has 7 heteroatoms. The van der Waals surface area contributed by atoms with Gasteiger partial charge in [-0.15, -0.1) is 0 Å². The molecule has 3 rings (SSSR count). The van der Waals surface area contributed by atoms with Crippen LogP contribution in [0.1, 0.15) is 31.1 Å². The number of pyridine rings is 2. The van der Waals surface area contributed by atoms with E-state index in [0.717, 1.165) is 12.8 Å². The van der Waals surface area contributed by atoms with Crippen LogP contribution in [0.15, 0.2) is 53.6 Å². The highest BCUT2D eigenvalue weighted by Crippen LogP contribution is 2.29. The molecule has 1 fully saturated rings. The second-order valence-electron chi connectivity index (χ2n) is 6.84. The van der Waals surface area contributed by atoms with Crippen LogP contribution >= 0.6 is 0 Å². The van der Waals surface area contributed by atoms with Crippen molar-refractivity contribution in [3.63, 3.8) is 0 Å². The lowest BCUT2D eigenvalue weighted by Gasteiger charge is -2.34. The maximum absolute atomic E-state index is 12.3. The molecule has 2 aromatic rings. The third-order valence-electron chi connectivity index (χ3n) is 5.02. The number of aliphatic hydroxyl groups is 1. The number of carbonyl (C=O) groups excluding carboxylic acids is 1. The van der Waals surface area contributed by atoms with Crippen molar-refractivity contribution in [2.24, 2.45) is 5.92 Å². The van der Waals surface area contributed by atoms with Crippen molar-refractivity contribution in [2.75, 3.05) is 19.6 Å². The van der Waals surface area contributed by atoms with Crippen molar-refractivity contribution in [1.29, 1.82) is 0 Å². The van der Waals surface area contributed by atoms with Crippen LogP contribution in [-0.2, 0) is 6.54 Å². The first-order chi connectivity index (χ1) is 13.1. The molecule has 2 aromatic heterocycles. The predicted octanol–water partition coefficient (Wildman–Crippen LogP) is 1.79. The fourth-order valence-corrected chi connectivity index (χ4v) is 3.41. The Bertz CT molecular complexity index is 785. The van der Waals surface area contributed by atoms with Gasteiger partial charge in [-0.3, -0.25) is 9.78 Å². The van der Waals surface area contributed by atoms with Crippen molar-refractivity contribution < 1.29 is 9.90 Å². The van der Waals surface area contributed by atoms with Gasteiger partial charge in [-0.25, -0.2) is 4.79 Å². The third kappa shape index (κ3) is 5.17. The van der Waals surface area contributed by atoms with Gasteiger partial charge in [-0.05, 0) is 43.4 Å². The van der Waals surface area contributed by atoms with Crippen molar-refractivity contribution in [3.05, 3.63) is 64.8 Å². The van der Waals surface area contributed by atoms with Crippen LogP contribution in [0.2, 0.25) is 0 Å². The van der Waals surface area contributed by atoms with Gasteiger partial charge in [0.15, 0.2) is 0 Å². The minimum absolute atomic E-state index is 0.0302. The number of hydrogen-bond donors (Lipinski definition) is 2. The number of urea groups is 1. The fraction of sp³-hybridized carbons (Fsp3) is 0.450. The zero-order chi connectivity index (χ0) is 19.1. The van der Waals surface area contributed by atoms with Gasteiger partial charge in [0, 0.05) is 44.6 Å². The Hall–Kier alpha value is -2.67. The molecule has 1 saturated heterocycles. The van der Waals surface area contributed by atoms with Crippen LogP contribution in [0.5, 0.6) is 0 Å². The smallest absolute Gasteiger partial charge is 0.317 e. The summed E-state index contributed by atoms with van der Waals surface area (Å²) in [5, 5.41) is 13.4. The molecule has 0 bridgehead atoms. The highest BCUT2D eigenvalue weighted by atomic mass is 16.3. The van der Waals surface area contributed by atoms with Crippen molar-refractivity contribution in [2.45, 2.75) is 31.9 Å². The van der Waals surface area contributed by atoms with E-state index in [9.17, 15) is 14.7 Å². The van der Waals surface area contributed by atoms with Gasteiger partial charge in [0.05, 0.1) is 11.8 Å². The Kier molecular flexibility index (Phi) is 6.59. The number of rotatable bonds is 6. The number of amides is 2. The average Bonchev–Trinajstić information content (AvgIpc) is 2.72. The normalized spacial score (nSPS) is 16.1. The van der Waals surface area contributed by atoms with E-state index in [2.05, 4.69) is 10.3 Å². The van der Waals surface area contributed by atoms with Crippen LogP contribution < -0.4 is 10.9 Å². The Morgan fingerprint density at radius 1 is 1.22 bits per heavy atom. The SMILES string of the molecule is O=C(NCCCn1ccccc1=O)N1CCC([C@H](O)c2ccccn2)CC1. The number of likely N-dealkylation sites (tertiary alicyclic amines) is 1. The van der Waals surface area contributed by atoms with Gasteiger partial charge in [-0.2, -0.15) is 0 Å². The quantitative estimate of drug-likeness (QED) is 0.759. The second-order valence-corrected chi connectivity index (χ2v) is 6.84. The molecule has 2 N–H and O–H groups in total. The van der Waals surface area contributed by atoms with Crippen LogP contribution in [-0.4, -0.2) is 45.2 Å². The molecule has 27 heavy (non-hydrogen) atoms. The maximum atomic E-state index is 12.3. The molecule has 2 amide bonds. The maximum Gasteiger partial charge on any atom is 0.317 e. The van der Waals surface area contributed by atoms with Crippen LogP contribution in [0.25, 0.3) is 0 Å². The molecule has 144 valence electrons. The van der Waals surface area contributed by atoms with E-state index in [0.29, 0.717) is 38.3 Å². The fourth-order valence-electron chi connectivity index (χ4n) is 3.41. The van der Waals surface area contributed by atoms with Gasteiger partial charge in [-0.1, -0.05) is 12.1 Å². The number of nitrogens with one attached hydrogen (secondary N) is 1. The van der Waals surface area contributed by atoms with E-state index in [1.165, 1.54) is 6.07 Å². The molecule has 0 aromatic carbocycles. The van der Waals surface area contributed by atoms with E-state index in [-0.39, 0.29) is 17.5 Å². The van der Waals surface area contributed by atoms with Gasteiger partial charge in [0.25, 0.3) is 0 Å². The first-order valence-electron chi connectivity index (χ1n) is 9.42. The first kappa shape index (κ1) is 19.1. The van der Waals surface area contributed by atoms with Crippen LogP contribution in [0, 0.1) is 5.92 Å². The lowest BCUT2D eigenvalue weighted by Crippen LogP contribution is -2.45. The van der Waals surface area contributed by atoms with Gasteiger partial charge in [0.2, 0.25) is 5.56 Å². The van der Waals surface area contributed by atoms with Crippen LogP contribution in [0.3, 0.4) is 0 Å². The second kappa shape index (κ2) is 9.32. The number of hydrogen-bond acceptors (Lipinski definition) is 4. The number of nitrogens with zero attached hydrogens (tertiary/aromatic N) is 3. The summed E-state index contributed by atoms with van der Waals surface area (Å²) >= 11 is 0. The third-order valence-corrected chi connectivity index (χ3v) is 5.02. The minimum atomic E-state index is -0.583. The molecular weight excluding hydrogens is 344 g/mol. The molecule has 0 saturated carbocycles. The Labute approximate surface area is 158 Å². The van der Waals surface area contributed by atoms with E-state index < -0.39 is 6.10 Å². The van der Waals surface area contributed by atoms with E-state index >= 15 is 0 Å². The molecule has 1 aliphatic rings. The van der Waals surface area contributed by atoms with Gasteiger partial charge in [0.1, 0.15) is 0 Å². The highest BCUT2D eigenvalue weighted by molar-refractivity contribution is 5.74. The zero-order valence-corrected chi connectivity index (χ0v) is 15.3. The summed E-state index contributed by atoms with van der Waals surface area (Å²) in [5.41, 5.74) is 0.661. The number of piperidine rings is 1. The van der Waals surface area contributed by atoms with Crippen molar-refractivity contribution >= 4 is 6.03 Å². The average molecular weight is 370 g/mol. The largest absolute Gasteiger partial charge is 0.387 e. The molecule has 1 aliphatic heterocycles. The summed E-state index contributed by atoms with van der Waals surface area (Å²) in [6.45, 7) is 2.35. The molecule has 3 heterocycles. The lowest BCUT2D eigenvalue weighted by molar-refractivity contribution is 0.0636. The topological polar surface area (TPSA) is 87.5 Å². The molecule has 0 aliphatic carbocycles. The molecular formula is C20H26N4O3. The summed E-state index contributed by atoms with van der Waals surface area (Å²) in [7, 11) is 0. The number of aliphatic hydroxyl groups excluding tert-OH is 1. The standard InChI is InChI=1S/C20H26N4O3/c25-18-7-2-4-12-23(18)13-5-11-22-20(27)24-14-8-16(9-15-24)19(26)17-6-1-3-10-21-17/h1-4,6-7,10,12,16,19,26H,5,8-9,11,13-15H2,(H,22,27)/t19-/m0/s1. The molecule has 0 radical (unpaired) electrons. The lowest BCUT2D eigenvalue weighted by atomic mass is 9.89. The van der Waals surface area contributed by atoms with Crippen LogP contribution in [0.4, 0.5) is 4.79 Å². The van der Waals surface area contributed by atoms with E-state index in [1.807, 2.05) is 24.3 Å². The minimum Gasteiger partial charge on any atom is -0.387 e. The monoisotopic (exact) mass is 370 g/mol. The Balaban J connectivity index is 1.38. The molecule has 0 unspecified atom stereocenters. The summed E-state index contributed by atoms with van der Waals surface area (Å²) < 4.78 is 1.64.